The highest BCUT2D eigenvalue weighted by molar-refractivity contribution is 7.89. The lowest BCUT2D eigenvalue weighted by molar-refractivity contribution is 0.508. The second-order valence-corrected chi connectivity index (χ2v) is 6.09. The van der Waals surface area contributed by atoms with E-state index in [4.69, 9.17) is 5.14 Å². The van der Waals surface area contributed by atoms with Crippen LogP contribution in [-0.2, 0) is 10.0 Å². The number of hydrogen-bond acceptors (Lipinski definition) is 3. The fraction of sp³-hybridized carbons (Fsp3) is 0.0667. The van der Waals surface area contributed by atoms with Gasteiger partial charge in [0.2, 0.25) is 10.0 Å². The largest absolute Gasteiger partial charge is 0.382 e. The van der Waals surface area contributed by atoms with E-state index in [2.05, 4.69) is 5.32 Å². The van der Waals surface area contributed by atoms with Gasteiger partial charge in [-0.25, -0.2) is 22.3 Å². The number of nitrogens with two attached hydrogens (primary N) is 1. The Bertz CT molecular complexity index is 788. The average molecular weight is 324 g/mol. The summed E-state index contributed by atoms with van der Waals surface area (Å²) in [6, 6.07) is 9.61. The number of benzene rings is 2. The van der Waals surface area contributed by atoms with Crippen molar-refractivity contribution < 1.29 is 17.2 Å². The molecule has 0 fully saturated rings. The van der Waals surface area contributed by atoms with Crippen molar-refractivity contribution in [2.24, 2.45) is 5.14 Å². The van der Waals surface area contributed by atoms with Gasteiger partial charge in [0.25, 0.3) is 0 Å². The number of halogens is 2. The van der Waals surface area contributed by atoms with Crippen LogP contribution in [0.4, 0.5) is 14.5 Å². The number of hydrogen-bond donors (Lipinski definition) is 2. The monoisotopic (exact) mass is 324 g/mol. The molecule has 0 unspecified atom stereocenters. The Kier molecular flexibility index (Phi) is 4.89. The molecule has 0 aromatic heterocycles. The number of rotatable bonds is 5. The summed E-state index contributed by atoms with van der Waals surface area (Å²) in [7, 11) is -3.70. The lowest BCUT2D eigenvalue weighted by Gasteiger charge is -2.04. The SMILES string of the molecule is NS(=O)(=O)c1ccc(NC/C=C/c2ccc(F)c(F)c2)cc1. The van der Waals surface area contributed by atoms with Gasteiger partial charge in [0.15, 0.2) is 11.6 Å². The van der Waals surface area contributed by atoms with Crippen LogP contribution in [0, 0.1) is 11.6 Å². The molecular formula is C15H14F2N2O2S. The van der Waals surface area contributed by atoms with E-state index in [1.807, 2.05) is 0 Å². The zero-order chi connectivity index (χ0) is 16.2. The van der Waals surface area contributed by atoms with Crippen molar-refractivity contribution in [2.75, 3.05) is 11.9 Å². The second-order valence-electron chi connectivity index (χ2n) is 4.53. The smallest absolute Gasteiger partial charge is 0.238 e. The minimum Gasteiger partial charge on any atom is -0.382 e. The Hall–Kier alpha value is -2.25. The lowest BCUT2D eigenvalue weighted by Crippen LogP contribution is -2.12. The third kappa shape index (κ3) is 4.37. The van der Waals surface area contributed by atoms with Crippen LogP contribution in [-0.4, -0.2) is 15.0 Å². The van der Waals surface area contributed by atoms with Gasteiger partial charge >= 0.3 is 0 Å². The van der Waals surface area contributed by atoms with Crippen molar-refractivity contribution in [1.82, 2.24) is 0 Å². The number of primary sulfonamides is 1. The van der Waals surface area contributed by atoms with Crippen LogP contribution in [0.25, 0.3) is 6.08 Å². The summed E-state index contributed by atoms with van der Waals surface area (Å²) in [6.07, 6.45) is 3.38. The molecule has 2 aromatic rings. The molecule has 0 atom stereocenters. The van der Waals surface area contributed by atoms with Crippen molar-refractivity contribution in [1.29, 1.82) is 0 Å². The quantitative estimate of drug-likeness (QED) is 0.888. The summed E-state index contributed by atoms with van der Waals surface area (Å²) < 4.78 is 48.0. The molecule has 0 radical (unpaired) electrons. The highest BCUT2D eigenvalue weighted by Gasteiger charge is 2.06. The molecule has 0 amide bonds. The maximum atomic E-state index is 13.0. The number of nitrogens with one attached hydrogen (secondary N) is 1. The van der Waals surface area contributed by atoms with Gasteiger partial charge in [0.1, 0.15) is 0 Å². The van der Waals surface area contributed by atoms with Crippen molar-refractivity contribution in [2.45, 2.75) is 4.90 Å². The van der Waals surface area contributed by atoms with E-state index in [9.17, 15) is 17.2 Å². The molecule has 0 spiro atoms. The molecule has 7 heteroatoms. The lowest BCUT2D eigenvalue weighted by atomic mass is 10.2. The molecule has 0 aliphatic rings. The average Bonchev–Trinajstić information content (AvgIpc) is 2.47. The first-order valence-corrected chi connectivity index (χ1v) is 7.89. The Balaban J connectivity index is 1.93. The minimum atomic E-state index is -3.70. The normalized spacial score (nSPS) is 11.8. The van der Waals surface area contributed by atoms with Gasteiger partial charge < -0.3 is 5.32 Å². The molecule has 22 heavy (non-hydrogen) atoms. The summed E-state index contributed by atoms with van der Waals surface area (Å²) in [5.74, 6) is -1.78. The molecule has 0 aliphatic carbocycles. The fourth-order valence-electron chi connectivity index (χ4n) is 1.75. The van der Waals surface area contributed by atoms with Crippen LogP contribution in [0.2, 0.25) is 0 Å². The van der Waals surface area contributed by atoms with Gasteiger partial charge in [-0.1, -0.05) is 18.2 Å². The first kappa shape index (κ1) is 16.1. The Morgan fingerprint density at radius 3 is 2.32 bits per heavy atom. The van der Waals surface area contributed by atoms with E-state index in [0.29, 0.717) is 17.8 Å². The molecule has 0 saturated heterocycles. The van der Waals surface area contributed by atoms with Crippen LogP contribution in [0.15, 0.2) is 53.4 Å². The summed E-state index contributed by atoms with van der Waals surface area (Å²) in [4.78, 5) is 0.0374. The molecule has 4 nitrogen and oxygen atoms in total. The third-order valence-electron chi connectivity index (χ3n) is 2.86. The van der Waals surface area contributed by atoms with E-state index < -0.39 is 21.7 Å². The Morgan fingerprint density at radius 1 is 1.05 bits per heavy atom. The summed E-state index contributed by atoms with van der Waals surface area (Å²) in [6.45, 7) is 0.438. The van der Waals surface area contributed by atoms with E-state index in [1.165, 1.54) is 18.2 Å². The van der Waals surface area contributed by atoms with Gasteiger partial charge in [-0.2, -0.15) is 0 Å². The van der Waals surface area contributed by atoms with E-state index in [-0.39, 0.29) is 4.90 Å². The van der Waals surface area contributed by atoms with E-state index in [0.717, 1.165) is 12.1 Å². The molecule has 116 valence electrons. The first-order valence-electron chi connectivity index (χ1n) is 6.34. The van der Waals surface area contributed by atoms with Crippen LogP contribution in [0.1, 0.15) is 5.56 Å². The third-order valence-corrected chi connectivity index (χ3v) is 3.79. The maximum Gasteiger partial charge on any atom is 0.238 e. The topological polar surface area (TPSA) is 72.2 Å². The van der Waals surface area contributed by atoms with Crippen LogP contribution >= 0.6 is 0 Å². The second kappa shape index (κ2) is 6.67. The molecule has 0 aliphatic heterocycles. The van der Waals surface area contributed by atoms with Gasteiger partial charge in [-0.05, 0) is 42.0 Å². The predicted molar refractivity (Wildman–Crippen MR) is 81.7 cm³/mol. The highest BCUT2D eigenvalue weighted by atomic mass is 32.2. The van der Waals surface area contributed by atoms with Gasteiger partial charge in [-0.3, -0.25) is 0 Å². The molecule has 0 bridgehead atoms. The van der Waals surface area contributed by atoms with Gasteiger partial charge in [0, 0.05) is 12.2 Å². The maximum absolute atomic E-state index is 13.0. The van der Waals surface area contributed by atoms with Crippen molar-refractivity contribution in [3.8, 4) is 0 Å². The molecule has 2 aromatic carbocycles. The number of sulfonamides is 1. The zero-order valence-corrected chi connectivity index (χ0v) is 12.3. The van der Waals surface area contributed by atoms with Crippen molar-refractivity contribution >= 4 is 21.8 Å². The van der Waals surface area contributed by atoms with Gasteiger partial charge in [0.05, 0.1) is 4.90 Å². The molecule has 0 heterocycles. The van der Waals surface area contributed by atoms with Crippen molar-refractivity contribution in [3.05, 3.63) is 65.7 Å². The van der Waals surface area contributed by atoms with Crippen LogP contribution in [0.5, 0.6) is 0 Å². The predicted octanol–water partition coefficient (Wildman–Crippen LogP) is 2.74. The molecule has 2 rings (SSSR count). The fourth-order valence-corrected chi connectivity index (χ4v) is 2.27. The molecule has 0 saturated carbocycles. The van der Waals surface area contributed by atoms with E-state index >= 15 is 0 Å². The zero-order valence-electron chi connectivity index (χ0n) is 11.5. The highest BCUT2D eigenvalue weighted by Crippen LogP contribution is 2.13. The summed E-state index contributed by atoms with van der Waals surface area (Å²) in [5, 5.41) is 8.03. The van der Waals surface area contributed by atoms with Crippen molar-refractivity contribution in [3.63, 3.8) is 0 Å². The summed E-state index contributed by atoms with van der Waals surface area (Å²) >= 11 is 0. The number of anilines is 1. The first-order chi connectivity index (χ1) is 10.4. The minimum absolute atomic E-state index is 0.0374. The van der Waals surface area contributed by atoms with E-state index in [1.54, 1.807) is 24.3 Å². The summed E-state index contributed by atoms with van der Waals surface area (Å²) in [5.41, 5.74) is 1.26. The van der Waals surface area contributed by atoms with Gasteiger partial charge in [-0.15, -0.1) is 0 Å². The standard InChI is InChI=1S/C15H14F2N2O2S/c16-14-8-3-11(10-15(14)17)2-1-9-19-12-4-6-13(7-5-12)22(18,20)21/h1-8,10,19H,9H2,(H2,18,20,21)/b2-1+. The van der Waals surface area contributed by atoms with Crippen LogP contribution in [0.3, 0.4) is 0 Å². The Morgan fingerprint density at radius 2 is 1.73 bits per heavy atom. The Labute approximate surface area is 127 Å². The molecular weight excluding hydrogens is 310 g/mol. The molecule has 3 N–H and O–H groups in total. The van der Waals surface area contributed by atoms with Crippen LogP contribution < -0.4 is 10.5 Å².